The quantitative estimate of drug-likeness (QED) is 0.624. The molecule has 0 heterocycles. The number of nitrogens with one attached hydrogen (secondary N) is 2. The summed E-state index contributed by atoms with van der Waals surface area (Å²) in [6, 6.07) is 5.73. The van der Waals surface area contributed by atoms with Crippen LogP contribution in [-0.2, 0) is 9.59 Å². The number of hydrogen-bond acceptors (Lipinski definition) is 3. The van der Waals surface area contributed by atoms with Crippen molar-refractivity contribution < 1.29 is 9.59 Å². The Bertz CT molecular complexity index is 550. The number of rotatable bonds is 6. The van der Waals surface area contributed by atoms with Gasteiger partial charge in [-0.2, -0.15) is 5.10 Å². The average molecular weight is 289 g/mol. The van der Waals surface area contributed by atoms with Gasteiger partial charge in [0.1, 0.15) is 0 Å². The summed E-state index contributed by atoms with van der Waals surface area (Å²) < 4.78 is 0. The van der Waals surface area contributed by atoms with Crippen molar-refractivity contribution in [2.75, 3.05) is 5.32 Å². The molecule has 0 aliphatic heterocycles. The highest BCUT2D eigenvalue weighted by molar-refractivity contribution is 5.93. The van der Waals surface area contributed by atoms with Crippen molar-refractivity contribution in [1.82, 2.24) is 5.43 Å². The summed E-state index contributed by atoms with van der Waals surface area (Å²) in [6.07, 6.45) is 1.05. The topological polar surface area (TPSA) is 70.6 Å². The molecule has 5 heteroatoms. The molecule has 5 nitrogen and oxygen atoms in total. The van der Waals surface area contributed by atoms with Gasteiger partial charge >= 0.3 is 0 Å². The number of hydrogen-bond donors (Lipinski definition) is 2. The fourth-order valence-corrected chi connectivity index (χ4v) is 1.56. The highest BCUT2D eigenvalue weighted by Gasteiger charge is 2.07. The lowest BCUT2D eigenvalue weighted by molar-refractivity contribution is -0.124. The first-order chi connectivity index (χ1) is 9.92. The first kappa shape index (κ1) is 16.9. The van der Waals surface area contributed by atoms with Gasteiger partial charge in [0.2, 0.25) is 11.8 Å². The van der Waals surface area contributed by atoms with Gasteiger partial charge in [-0.05, 0) is 50.5 Å². The normalized spacial score (nSPS) is 11.1. The van der Waals surface area contributed by atoms with E-state index in [0.717, 1.165) is 23.4 Å². The molecule has 0 saturated carbocycles. The SMILES string of the molecule is CCC(C)=NNC(=O)CCC(=O)Nc1ccc(C)c(C)c1. The molecule has 0 unspecified atom stereocenters. The van der Waals surface area contributed by atoms with Crippen molar-refractivity contribution in [1.29, 1.82) is 0 Å². The Morgan fingerprint density at radius 2 is 1.76 bits per heavy atom. The molecule has 1 aromatic carbocycles. The number of carbonyl (C=O) groups excluding carboxylic acids is 2. The Morgan fingerprint density at radius 1 is 1.10 bits per heavy atom. The van der Waals surface area contributed by atoms with E-state index in [-0.39, 0.29) is 24.7 Å². The Kier molecular flexibility index (Phi) is 6.59. The summed E-state index contributed by atoms with van der Waals surface area (Å²) in [5.74, 6) is -0.428. The second-order valence-corrected chi connectivity index (χ2v) is 5.08. The van der Waals surface area contributed by atoms with E-state index >= 15 is 0 Å². The molecular formula is C16H23N3O2. The summed E-state index contributed by atoms with van der Waals surface area (Å²) in [5.41, 5.74) is 6.34. The van der Waals surface area contributed by atoms with Crippen molar-refractivity contribution in [2.24, 2.45) is 5.10 Å². The maximum Gasteiger partial charge on any atom is 0.240 e. The van der Waals surface area contributed by atoms with Crippen LogP contribution in [0.25, 0.3) is 0 Å². The smallest absolute Gasteiger partial charge is 0.240 e. The molecule has 0 radical (unpaired) electrons. The van der Waals surface area contributed by atoms with Gasteiger partial charge in [0, 0.05) is 24.2 Å². The Balaban J connectivity index is 2.40. The highest BCUT2D eigenvalue weighted by Crippen LogP contribution is 2.14. The highest BCUT2D eigenvalue weighted by atomic mass is 16.2. The second-order valence-electron chi connectivity index (χ2n) is 5.08. The molecule has 2 amide bonds. The molecule has 0 spiro atoms. The van der Waals surface area contributed by atoms with Crippen LogP contribution in [0.1, 0.15) is 44.2 Å². The molecule has 1 aromatic rings. The predicted octanol–water partition coefficient (Wildman–Crippen LogP) is 2.92. The Labute approximate surface area is 125 Å². The van der Waals surface area contributed by atoms with Crippen LogP contribution >= 0.6 is 0 Å². The van der Waals surface area contributed by atoms with Crippen LogP contribution in [0, 0.1) is 13.8 Å². The molecule has 1 rings (SSSR count). The summed E-state index contributed by atoms with van der Waals surface area (Å²) in [6.45, 7) is 7.81. The average Bonchev–Trinajstić information content (AvgIpc) is 2.46. The summed E-state index contributed by atoms with van der Waals surface area (Å²) in [7, 11) is 0. The van der Waals surface area contributed by atoms with Crippen LogP contribution < -0.4 is 10.7 Å². The lowest BCUT2D eigenvalue weighted by atomic mass is 10.1. The predicted molar refractivity (Wildman–Crippen MR) is 85.3 cm³/mol. The van der Waals surface area contributed by atoms with Crippen LogP contribution in [0.3, 0.4) is 0 Å². The number of aryl methyl sites for hydroxylation is 2. The molecule has 0 aliphatic carbocycles. The number of carbonyl (C=O) groups is 2. The largest absolute Gasteiger partial charge is 0.326 e. The van der Waals surface area contributed by atoms with E-state index in [4.69, 9.17) is 0 Å². The fraction of sp³-hybridized carbons (Fsp3) is 0.438. The number of nitrogens with zero attached hydrogens (tertiary/aromatic N) is 1. The summed E-state index contributed by atoms with van der Waals surface area (Å²) in [4.78, 5) is 23.3. The minimum atomic E-state index is -0.252. The van der Waals surface area contributed by atoms with Crippen molar-refractivity contribution >= 4 is 23.2 Å². The zero-order valence-electron chi connectivity index (χ0n) is 13.1. The minimum Gasteiger partial charge on any atom is -0.326 e. The van der Waals surface area contributed by atoms with Crippen LogP contribution in [0.5, 0.6) is 0 Å². The van der Waals surface area contributed by atoms with Gasteiger partial charge in [-0.25, -0.2) is 5.43 Å². The molecular weight excluding hydrogens is 266 g/mol. The van der Waals surface area contributed by atoms with E-state index in [1.54, 1.807) is 0 Å². The molecule has 21 heavy (non-hydrogen) atoms. The van der Waals surface area contributed by atoms with E-state index in [1.165, 1.54) is 5.56 Å². The third kappa shape index (κ3) is 6.21. The molecule has 0 fully saturated rings. The van der Waals surface area contributed by atoms with Gasteiger partial charge in [-0.1, -0.05) is 13.0 Å². The van der Waals surface area contributed by atoms with Crippen LogP contribution in [-0.4, -0.2) is 17.5 Å². The van der Waals surface area contributed by atoms with Crippen molar-refractivity contribution in [3.63, 3.8) is 0 Å². The Morgan fingerprint density at radius 3 is 2.38 bits per heavy atom. The molecule has 0 bridgehead atoms. The van der Waals surface area contributed by atoms with Gasteiger partial charge in [0.25, 0.3) is 0 Å². The van der Waals surface area contributed by atoms with Crippen LogP contribution in [0.4, 0.5) is 5.69 Å². The third-order valence-electron chi connectivity index (χ3n) is 3.25. The maximum atomic E-state index is 11.8. The van der Waals surface area contributed by atoms with E-state index < -0.39 is 0 Å². The van der Waals surface area contributed by atoms with E-state index in [1.807, 2.05) is 45.9 Å². The molecule has 0 saturated heterocycles. The first-order valence-electron chi connectivity index (χ1n) is 7.11. The van der Waals surface area contributed by atoms with Gasteiger partial charge in [0.05, 0.1) is 0 Å². The zero-order valence-corrected chi connectivity index (χ0v) is 13.1. The number of benzene rings is 1. The third-order valence-corrected chi connectivity index (χ3v) is 3.25. The molecule has 0 aliphatic rings. The molecule has 0 atom stereocenters. The van der Waals surface area contributed by atoms with Crippen molar-refractivity contribution in [3.05, 3.63) is 29.3 Å². The second kappa shape index (κ2) is 8.19. The van der Waals surface area contributed by atoms with Gasteiger partial charge in [-0.3, -0.25) is 9.59 Å². The van der Waals surface area contributed by atoms with E-state index in [2.05, 4.69) is 15.8 Å². The van der Waals surface area contributed by atoms with Crippen molar-refractivity contribution in [2.45, 2.75) is 47.0 Å². The van der Waals surface area contributed by atoms with Gasteiger partial charge in [-0.15, -0.1) is 0 Å². The number of anilines is 1. The van der Waals surface area contributed by atoms with Gasteiger partial charge < -0.3 is 5.32 Å². The van der Waals surface area contributed by atoms with Crippen molar-refractivity contribution in [3.8, 4) is 0 Å². The monoisotopic (exact) mass is 289 g/mol. The molecule has 2 N–H and O–H groups in total. The molecule has 114 valence electrons. The zero-order chi connectivity index (χ0) is 15.8. The minimum absolute atomic E-state index is 0.122. The fourth-order valence-electron chi connectivity index (χ4n) is 1.56. The first-order valence-corrected chi connectivity index (χ1v) is 7.11. The van der Waals surface area contributed by atoms with Gasteiger partial charge in [0.15, 0.2) is 0 Å². The lowest BCUT2D eigenvalue weighted by Gasteiger charge is -2.07. The maximum absolute atomic E-state index is 11.8. The summed E-state index contributed by atoms with van der Waals surface area (Å²) >= 11 is 0. The van der Waals surface area contributed by atoms with Crippen LogP contribution in [0.15, 0.2) is 23.3 Å². The molecule has 0 aromatic heterocycles. The summed E-state index contributed by atoms with van der Waals surface area (Å²) in [5, 5.41) is 6.70. The van der Waals surface area contributed by atoms with E-state index in [0.29, 0.717) is 0 Å². The number of hydrazone groups is 1. The van der Waals surface area contributed by atoms with Crippen LogP contribution in [0.2, 0.25) is 0 Å². The number of amides is 2. The Hall–Kier alpha value is -2.17. The lowest BCUT2D eigenvalue weighted by Crippen LogP contribution is -2.21. The standard InChI is InChI=1S/C16H23N3O2/c1-5-13(4)18-19-16(21)9-8-15(20)17-14-7-6-11(2)12(3)10-14/h6-7,10H,5,8-9H2,1-4H3,(H,17,20)(H,19,21). The van der Waals surface area contributed by atoms with E-state index in [9.17, 15) is 9.59 Å².